The van der Waals surface area contributed by atoms with Crippen molar-refractivity contribution in [3.05, 3.63) is 95.0 Å². The topological polar surface area (TPSA) is 80.0 Å². The first-order chi connectivity index (χ1) is 14.5. The molecule has 30 heavy (non-hydrogen) atoms. The lowest BCUT2D eigenvalue weighted by molar-refractivity contribution is -0.140. The monoisotopic (exact) mass is 403 g/mol. The second-order valence-corrected chi connectivity index (χ2v) is 7.15. The number of Topliss-reactive ketones (excluding diaryl/α,β-unsaturated/α-hetero) is 1. The summed E-state index contributed by atoms with van der Waals surface area (Å²) in [7, 11) is 1.52. The van der Waals surface area contributed by atoms with Crippen molar-refractivity contribution >= 4 is 17.4 Å². The van der Waals surface area contributed by atoms with E-state index in [0.717, 1.165) is 11.1 Å². The van der Waals surface area contributed by atoms with Crippen molar-refractivity contribution in [1.82, 2.24) is 4.90 Å². The highest BCUT2D eigenvalue weighted by Gasteiger charge is 2.46. The summed E-state index contributed by atoms with van der Waals surface area (Å²) in [5.74, 6) is -0.556. The van der Waals surface area contributed by atoms with Crippen molar-refractivity contribution in [2.75, 3.05) is 7.11 Å². The molecule has 0 saturated carbocycles. The van der Waals surface area contributed by atoms with E-state index in [1.807, 2.05) is 31.2 Å². The van der Waals surface area contributed by atoms with Gasteiger partial charge in [-0.1, -0.05) is 42.0 Å². The maximum atomic E-state index is 13.0. The second-order valence-electron chi connectivity index (χ2n) is 7.15. The minimum absolute atomic E-state index is 0.0451. The number of rotatable bonds is 5. The van der Waals surface area contributed by atoms with Crippen LogP contribution in [-0.4, -0.2) is 28.8 Å². The van der Waals surface area contributed by atoms with Gasteiger partial charge in [-0.15, -0.1) is 0 Å². The van der Waals surface area contributed by atoms with Gasteiger partial charge in [-0.2, -0.15) is 0 Å². The third kappa shape index (κ3) is 3.48. The second kappa shape index (κ2) is 7.91. The Labute approximate surface area is 174 Å². The largest absolute Gasteiger partial charge is 0.507 e. The van der Waals surface area contributed by atoms with Crippen molar-refractivity contribution in [2.45, 2.75) is 19.5 Å². The fourth-order valence-corrected chi connectivity index (χ4v) is 3.63. The molecule has 1 amide bonds. The SMILES string of the molecule is COc1cccc(/C(O)=C2\C(=O)C(=O)N(Cc3ccco3)C2c2ccc(C)cc2)c1. The summed E-state index contributed by atoms with van der Waals surface area (Å²) >= 11 is 0. The maximum Gasteiger partial charge on any atom is 0.296 e. The summed E-state index contributed by atoms with van der Waals surface area (Å²) in [5, 5.41) is 11.1. The van der Waals surface area contributed by atoms with Crippen molar-refractivity contribution in [1.29, 1.82) is 0 Å². The Bertz CT molecular complexity index is 1110. The molecule has 1 saturated heterocycles. The molecule has 1 atom stereocenters. The van der Waals surface area contributed by atoms with Crippen LogP contribution in [0.25, 0.3) is 5.76 Å². The van der Waals surface area contributed by atoms with E-state index in [4.69, 9.17) is 9.15 Å². The number of carbonyl (C=O) groups excluding carboxylic acids is 2. The molecule has 1 aliphatic heterocycles. The number of nitrogens with zero attached hydrogens (tertiary/aromatic N) is 1. The van der Waals surface area contributed by atoms with Crippen molar-refractivity contribution < 1.29 is 23.8 Å². The molecule has 6 heteroatoms. The van der Waals surface area contributed by atoms with E-state index in [9.17, 15) is 14.7 Å². The predicted octanol–water partition coefficient (Wildman–Crippen LogP) is 4.22. The quantitative estimate of drug-likeness (QED) is 0.392. The maximum absolute atomic E-state index is 13.0. The van der Waals surface area contributed by atoms with Gasteiger partial charge in [0.25, 0.3) is 11.7 Å². The van der Waals surface area contributed by atoms with Crippen LogP contribution in [0.4, 0.5) is 0 Å². The van der Waals surface area contributed by atoms with E-state index < -0.39 is 17.7 Å². The summed E-state index contributed by atoms with van der Waals surface area (Å²) in [6.07, 6.45) is 1.52. The zero-order valence-corrected chi connectivity index (χ0v) is 16.7. The molecule has 0 radical (unpaired) electrons. The number of likely N-dealkylation sites (tertiary alicyclic amines) is 1. The zero-order valence-electron chi connectivity index (χ0n) is 16.7. The number of furan rings is 1. The molecule has 1 fully saturated rings. The molecule has 0 bridgehead atoms. The molecule has 1 aliphatic rings. The first-order valence-corrected chi connectivity index (χ1v) is 9.51. The lowest BCUT2D eigenvalue weighted by atomic mass is 9.94. The number of aliphatic hydroxyl groups excluding tert-OH is 1. The van der Waals surface area contributed by atoms with Crippen LogP contribution in [0.2, 0.25) is 0 Å². The van der Waals surface area contributed by atoms with Gasteiger partial charge in [-0.05, 0) is 36.8 Å². The van der Waals surface area contributed by atoms with Crippen molar-refractivity contribution in [2.24, 2.45) is 0 Å². The van der Waals surface area contributed by atoms with Crippen LogP contribution in [-0.2, 0) is 16.1 Å². The molecule has 6 nitrogen and oxygen atoms in total. The van der Waals surface area contributed by atoms with Gasteiger partial charge in [-0.3, -0.25) is 9.59 Å². The van der Waals surface area contributed by atoms with E-state index in [-0.39, 0.29) is 17.9 Å². The number of amides is 1. The van der Waals surface area contributed by atoms with E-state index in [0.29, 0.717) is 17.1 Å². The summed E-state index contributed by atoms with van der Waals surface area (Å²) < 4.78 is 10.6. The van der Waals surface area contributed by atoms with E-state index in [2.05, 4.69) is 0 Å². The molecule has 2 heterocycles. The van der Waals surface area contributed by atoms with Crippen LogP contribution in [0, 0.1) is 6.92 Å². The lowest BCUT2D eigenvalue weighted by Crippen LogP contribution is -2.29. The normalized spacial score (nSPS) is 18.1. The third-order valence-electron chi connectivity index (χ3n) is 5.18. The number of aliphatic hydroxyl groups is 1. The minimum Gasteiger partial charge on any atom is -0.507 e. The molecule has 1 unspecified atom stereocenters. The number of carbonyl (C=O) groups is 2. The van der Waals surface area contributed by atoms with Gasteiger partial charge in [0.05, 0.1) is 31.5 Å². The summed E-state index contributed by atoms with van der Waals surface area (Å²) in [4.78, 5) is 27.3. The molecule has 3 aromatic rings. The van der Waals surface area contributed by atoms with E-state index in [1.165, 1.54) is 18.3 Å². The average molecular weight is 403 g/mol. The highest BCUT2D eigenvalue weighted by Crippen LogP contribution is 2.40. The van der Waals surface area contributed by atoms with Crippen LogP contribution in [0.5, 0.6) is 5.75 Å². The lowest BCUT2D eigenvalue weighted by Gasteiger charge is -2.24. The van der Waals surface area contributed by atoms with Crippen LogP contribution in [0.3, 0.4) is 0 Å². The van der Waals surface area contributed by atoms with Gasteiger partial charge in [-0.25, -0.2) is 0 Å². The van der Waals surface area contributed by atoms with Gasteiger partial charge in [0.1, 0.15) is 17.3 Å². The smallest absolute Gasteiger partial charge is 0.296 e. The Morgan fingerprint density at radius 1 is 1.10 bits per heavy atom. The molecule has 2 aromatic carbocycles. The first kappa shape index (κ1) is 19.5. The third-order valence-corrected chi connectivity index (χ3v) is 5.18. The molecule has 152 valence electrons. The van der Waals surface area contributed by atoms with E-state index in [1.54, 1.807) is 36.4 Å². The zero-order chi connectivity index (χ0) is 21.3. The average Bonchev–Trinajstić information content (AvgIpc) is 3.36. The van der Waals surface area contributed by atoms with Crippen LogP contribution in [0.15, 0.2) is 76.9 Å². The number of methoxy groups -OCH3 is 1. The predicted molar refractivity (Wildman–Crippen MR) is 111 cm³/mol. The molecule has 1 aromatic heterocycles. The Balaban J connectivity index is 1.86. The van der Waals surface area contributed by atoms with E-state index >= 15 is 0 Å². The van der Waals surface area contributed by atoms with Gasteiger partial charge in [0, 0.05) is 5.56 Å². The Morgan fingerprint density at radius 3 is 2.53 bits per heavy atom. The summed E-state index contributed by atoms with van der Waals surface area (Å²) in [5.41, 5.74) is 2.23. The molecule has 1 N–H and O–H groups in total. The summed E-state index contributed by atoms with van der Waals surface area (Å²) in [6, 6.07) is 17.0. The van der Waals surface area contributed by atoms with Crippen LogP contribution < -0.4 is 4.74 Å². The molecule has 0 spiro atoms. The number of hydrogen-bond donors (Lipinski definition) is 1. The Hall–Kier alpha value is -3.80. The number of hydrogen-bond acceptors (Lipinski definition) is 5. The van der Waals surface area contributed by atoms with Gasteiger partial charge in [0.15, 0.2) is 0 Å². The minimum atomic E-state index is -0.734. The fraction of sp³-hybridized carbons (Fsp3) is 0.167. The van der Waals surface area contributed by atoms with Crippen molar-refractivity contribution in [3.8, 4) is 5.75 Å². The van der Waals surface area contributed by atoms with Gasteiger partial charge >= 0.3 is 0 Å². The number of ether oxygens (including phenoxy) is 1. The number of aryl methyl sites for hydroxylation is 1. The highest BCUT2D eigenvalue weighted by molar-refractivity contribution is 6.46. The number of benzene rings is 2. The molecule has 0 aliphatic carbocycles. The molecule has 4 rings (SSSR count). The Morgan fingerprint density at radius 2 is 1.87 bits per heavy atom. The highest BCUT2D eigenvalue weighted by atomic mass is 16.5. The Kier molecular flexibility index (Phi) is 5.14. The first-order valence-electron chi connectivity index (χ1n) is 9.51. The van der Waals surface area contributed by atoms with Crippen LogP contribution >= 0.6 is 0 Å². The van der Waals surface area contributed by atoms with Crippen molar-refractivity contribution in [3.63, 3.8) is 0 Å². The number of ketones is 1. The standard InChI is InChI=1S/C24H21NO5/c1-15-8-10-16(11-9-15)21-20(22(26)17-5-3-6-18(13-17)29-2)23(27)24(28)25(21)14-19-7-4-12-30-19/h3-13,21,26H,14H2,1-2H3/b22-20+. The molecular weight excluding hydrogens is 382 g/mol. The van der Waals surface area contributed by atoms with Crippen LogP contribution in [0.1, 0.15) is 28.5 Å². The molecular formula is C24H21NO5. The summed E-state index contributed by atoms with van der Waals surface area (Å²) in [6.45, 7) is 2.07. The van der Waals surface area contributed by atoms with Gasteiger partial charge in [0.2, 0.25) is 0 Å². The fourth-order valence-electron chi connectivity index (χ4n) is 3.63. The van der Waals surface area contributed by atoms with Gasteiger partial charge < -0.3 is 19.2 Å².